The molecule has 1 saturated heterocycles. The number of hydrogen-bond donors (Lipinski definition) is 1. The van der Waals surface area contributed by atoms with Crippen LogP contribution in [0.5, 0.6) is 0 Å². The molecule has 0 radical (unpaired) electrons. The van der Waals surface area contributed by atoms with Crippen molar-refractivity contribution in [3.8, 4) is 0 Å². The Labute approximate surface area is 170 Å². The van der Waals surface area contributed by atoms with Crippen LogP contribution in [0.4, 0.5) is 10.1 Å². The normalized spacial score (nSPS) is 15.6. The van der Waals surface area contributed by atoms with Crippen LogP contribution in [0.25, 0.3) is 6.08 Å². The van der Waals surface area contributed by atoms with Gasteiger partial charge in [0, 0.05) is 24.9 Å². The maximum atomic E-state index is 14.2. The average molecular weight is 418 g/mol. The van der Waals surface area contributed by atoms with Crippen molar-refractivity contribution in [2.45, 2.75) is 18.7 Å². The molecule has 0 spiro atoms. The number of carbonyl (C=O) groups is 1. The minimum absolute atomic E-state index is 0.164. The van der Waals surface area contributed by atoms with Crippen molar-refractivity contribution in [1.82, 2.24) is 4.31 Å². The Balaban J connectivity index is 1.77. The standard InChI is InChI=1S/C21H23FN2O4S/c1-15-3-4-17(16(2)13-15)5-8-21(25)23-18-6-7-19(22)20(14-18)29(26,27)24-9-11-28-12-10-24/h3-8,13-14H,9-12H2,1-2H3,(H,23,25)/b8-5+. The van der Waals surface area contributed by atoms with Gasteiger partial charge in [-0.15, -0.1) is 0 Å². The summed E-state index contributed by atoms with van der Waals surface area (Å²) in [7, 11) is -4.01. The lowest BCUT2D eigenvalue weighted by Gasteiger charge is -2.26. The molecule has 0 aromatic heterocycles. The SMILES string of the molecule is Cc1ccc(/C=C/C(=O)Nc2ccc(F)c(S(=O)(=O)N3CCOCC3)c2)c(C)c1. The van der Waals surface area contributed by atoms with E-state index in [-0.39, 0.29) is 32.0 Å². The van der Waals surface area contributed by atoms with Crippen LogP contribution in [-0.2, 0) is 19.6 Å². The second kappa shape index (κ2) is 8.86. The van der Waals surface area contributed by atoms with Gasteiger partial charge in [-0.2, -0.15) is 4.31 Å². The highest BCUT2D eigenvalue weighted by Gasteiger charge is 2.29. The minimum atomic E-state index is -4.01. The molecule has 1 N–H and O–H groups in total. The summed E-state index contributed by atoms with van der Waals surface area (Å²) in [6.07, 6.45) is 3.04. The van der Waals surface area contributed by atoms with Crippen molar-refractivity contribution >= 4 is 27.7 Å². The van der Waals surface area contributed by atoms with E-state index in [0.29, 0.717) is 0 Å². The molecule has 29 heavy (non-hydrogen) atoms. The molecule has 1 aliphatic rings. The number of amides is 1. The summed E-state index contributed by atoms with van der Waals surface area (Å²) in [5.74, 6) is -1.30. The molecule has 0 unspecified atom stereocenters. The van der Waals surface area contributed by atoms with Crippen LogP contribution in [0.1, 0.15) is 16.7 Å². The number of halogens is 1. The van der Waals surface area contributed by atoms with Crippen molar-refractivity contribution in [2.24, 2.45) is 0 Å². The third-order valence-electron chi connectivity index (χ3n) is 4.63. The van der Waals surface area contributed by atoms with Crippen molar-refractivity contribution in [3.63, 3.8) is 0 Å². The number of nitrogens with zero attached hydrogens (tertiary/aromatic N) is 1. The first-order valence-corrected chi connectivity index (χ1v) is 10.6. The van der Waals surface area contributed by atoms with Crippen LogP contribution >= 0.6 is 0 Å². The molecule has 2 aromatic carbocycles. The number of morpholine rings is 1. The number of sulfonamides is 1. The van der Waals surface area contributed by atoms with Crippen molar-refractivity contribution < 1.29 is 22.3 Å². The number of hydrogen-bond acceptors (Lipinski definition) is 4. The van der Waals surface area contributed by atoms with E-state index < -0.39 is 26.6 Å². The van der Waals surface area contributed by atoms with E-state index in [0.717, 1.165) is 28.8 Å². The van der Waals surface area contributed by atoms with Crippen LogP contribution < -0.4 is 5.32 Å². The quantitative estimate of drug-likeness (QED) is 0.757. The van der Waals surface area contributed by atoms with Gasteiger partial charge in [0.25, 0.3) is 0 Å². The maximum absolute atomic E-state index is 14.2. The minimum Gasteiger partial charge on any atom is -0.379 e. The molecular weight excluding hydrogens is 395 g/mol. The van der Waals surface area contributed by atoms with Crippen LogP contribution in [0.3, 0.4) is 0 Å². The van der Waals surface area contributed by atoms with E-state index >= 15 is 0 Å². The Hall–Kier alpha value is -2.55. The Morgan fingerprint density at radius 3 is 2.55 bits per heavy atom. The van der Waals surface area contributed by atoms with Crippen molar-refractivity contribution in [3.05, 3.63) is 65.0 Å². The largest absolute Gasteiger partial charge is 0.379 e. The molecule has 6 nitrogen and oxygen atoms in total. The molecule has 3 rings (SSSR count). The van der Waals surface area contributed by atoms with Gasteiger partial charge < -0.3 is 10.1 Å². The molecule has 0 saturated carbocycles. The lowest BCUT2D eigenvalue weighted by molar-refractivity contribution is -0.111. The smallest absolute Gasteiger partial charge is 0.248 e. The molecule has 1 fully saturated rings. The fourth-order valence-electron chi connectivity index (χ4n) is 3.07. The van der Waals surface area contributed by atoms with Gasteiger partial charge in [-0.25, -0.2) is 12.8 Å². The average Bonchev–Trinajstić information content (AvgIpc) is 2.69. The number of nitrogens with one attached hydrogen (secondary N) is 1. The first-order valence-electron chi connectivity index (χ1n) is 9.21. The zero-order valence-corrected chi connectivity index (χ0v) is 17.1. The predicted octanol–water partition coefficient (Wildman–Crippen LogP) is 3.12. The molecule has 1 amide bonds. The number of aryl methyl sites for hydroxylation is 2. The van der Waals surface area contributed by atoms with Gasteiger partial charge in [0.05, 0.1) is 13.2 Å². The van der Waals surface area contributed by atoms with Crippen LogP contribution in [0, 0.1) is 19.7 Å². The highest BCUT2D eigenvalue weighted by atomic mass is 32.2. The highest BCUT2D eigenvalue weighted by Crippen LogP contribution is 2.24. The number of carbonyl (C=O) groups excluding carboxylic acids is 1. The molecule has 154 valence electrons. The molecule has 0 atom stereocenters. The van der Waals surface area contributed by atoms with Gasteiger partial charge in [0.15, 0.2) is 0 Å². The summed E-state index contributed by atoms with van der Waals surface area (Å²) in [5, 5.41) is 2.59. The van der Waals surface area contributed by atoms with Gasteiger partial charge in [-0.05, 0) is 49.2 Å². The Morgan fingerprint density at radius 2 is 1.86 bits per heavy atom. The van der Waals surface area contributed by atoms with E-state index in [1.165, 1.54) is 16.4 Å². The summed E-state index contributed by atoms with van der Waals surface area (Å²) >= 11 is 0. The van der Waals surface area contributed by atoms with E-state index in [9.17, 15) is 17.6 Å². The summed E-state index contributed by atoms with van der Waals surface area (Å²) in [6.45, 7) is 4.80. The predicted molar refractivity (Wildman–Crippen MR) is 110 cm³/mol. The monoisotopic (exact) mass is 418 g/mol. The van der Waals surface area contributed by atoms with Gasteiger partial charge >= 0.3 is 0 Å². The Kier molecular flexibility index (Phi) is 6.46. The fourth-order valence-corrected chi connectivity index (χ4v) is 4.57. The molecule has 1 aliphatic heterocycles. The molecule has 0 bridgehead atoms. The summed E-state index contributed by atoms with van der Waals surface area (Å²) in [4.78, 5) is 11.8. The summed E-state index contributed by atoms with van der Waals surface area (Å²) in [5.41, 5.74) is 3.27. The fraction of sp³-hybridized carbons (Fsp3) is 0.286. The molecular formula is C21H23FN2O4S. The lowest BCUT2D eigenvalue weighted by atomic mass is 10.1. The van der Waals surface area contributed by atoms with Crippen molar-refractivity contribution in [2.75, 3.05) is 31.6 Å². The first kappa shape index (κ1) is 21.2. The first-order chi connectivity index (χ1) is 13.8. The number of anilines is 1. The van der Waals surface area contributed by atoms with Gasteiger partial charge in [0.2, 0.25) is 15.9 Å². The van der Waals surface area contributed by atoms with Gasteiger partial charge in [-0.1, -0.05) is 23.8 Å². The van der Waals surface area contributed by atoms with E-state index in [2.05, 4.69) is 5.32 Å². The zero-order chi connectivity index (χ0) is 21.0. The summed E-state index contributed by atoms with van der Waals surface area (Å²) in [6, 6.07) is 9.39. The number of rotatable bonds is 5. The second-order valence-corrected chi connectivity index (χ2v) is 8.75. The van der Waals surface area contributed by atoms with Crippen molar-refractivity contribution in [1.29, 1.82) is 0 Å². The van der Waals surface area contributed by atoms with Gasteiger partial charge in [0.1, 0.15) is 10.7 Å². The lowest BCUT2D eigenvalue weighted by Crippen LogP contribution is -2.40. The molecule has 1 heterocycles. The van der Waals surface area contributed by atoms with E-state index in [1.807, 2.05) is 32.0 Å². The van der Waals surface area contributed by atoms with Crippen LogP contribution in [-0.4, -0.2) is 44.9 Å². The molecule has 0 aliphatic carbocycles. The number of ether oxygens (including phenoxy) is 1. The topological polar surface area (TPSA) is 75.7 Å². The van der Waals surface area contributed by atoms with E-state index in [4.69, 9.17) is 4.74 Å². The Bertz CT molecular complexity index is 1040. The number of benzene rings is 2. The highest BCUT2D eigenvalue weighted by molar-refractivity contribution is 7.89. The molecule has 2 aromatic rings. The maximum Gasteiger partial charge on any atom is 0.248 e. The van der Waals surface area contributed by atoms with E-state index in [1.54, 1.807) is 6.08 Å². The Morgan fingerprint density at radius 1 is 1.14 bits per heavy atom. The third-order valence-corrected chi connectivity index (χ3v) is 6.54. The third kappa shape index (κ3) is 5.09. The zero-order valence-electron chi connectivity index (χ0n) is 16.3. The molecule has 8 heteroatoms. The van der Waals surface area contributed by atoms with Crippen LogP contribution in [0.2, 0.25) is 0 Å². The summed E-state index contributed by atoms with van der Waals surface area (Å²) < 4.78 is 46.0. The van der Waals surface area contributed by atoms with Crippen LogP contribution in [0.15, 0.2) is 47.4 Å². The van der Waals surface area contributed by atoms with Gasteiger partial charge in [-0.3, -0.25) is 4.79 Å². The second-order valence-electron chi connectivity index (χ2n) is 6.84.